The van der Waals surface area contributed by atoms with E-state index < -0.39 is 0 Å². The lowest BCUT2D eigenvalue weighted by Gasteiger charge is -2.09. The lowest BCUT2D eigenvalue weighted by atomic mass is 10.0. The molecular formula is C15H9Br2N. The van der Waals surface area contributed by atoms with E-state index >= 15 is 0 Å². The van der Waals surface area contributed by atoms with Crippen LogP contribution in [0.3, 0.4) is 0 Å². The monoisotopic (exact) mass is 361 g/mol. The molecule has 0 aliphatic carbocycles. The van der Waals surface area contributed by atoms with Crippen molar-refractivity contribution < 1.29 is 0 Å². The van der Waals surface area contributed by atoms with Crippen LogP contribution in [0, 0.1) is 0 Å². The quantitative estimate of drug-likeness (QED) is 0.562. The summed E-state index contributed by atoms with van der Waals surface area (Å²) in [7, 11) is 0. The number of aromatic nitrogens is 1. The number of rotatable bonds is 1. The summed E-state index contributed by atoms with van der Waals surface area (Å²) in [5.41, 5.74) is 3.36. The third-order valence-corrected chi connectivity index (χ3v) is 4.23. The maximum atomic E-state index is 4.41. The molecule has 88 valence electrons. The predicted molar refractivity (Wildman–Crippen MR) is 82.6 cm³/mol. The standard InChI is InChI=1S/C15H9Br2N/c16-12-5-2-1-4-10(12)11-8-9-18-14-7-3-6-13(17)15(11)14/h1-9H. The van der Waals surface area contributed by atoms with Gasteiger partial charge in [0.1, 0.15) is 0 Å². The minimum atomic E-state index is 0.998. The van der Waals surface area contributed by atoms with Gasteiger partial charge in [-0.2, -0.15) is 0 Å². The number of pyridine rings is 1. The number of benzene rings is 2. The second-order valence-corrected chi connectivity index (χ2v) is 5.68. The lowest BCUT2D eigenvalue weighted by molar-refractivity contribution is 1.40. The van der Waals surface area contributed by atoms with Crippen molar-refractivity contribution >= 4 is 42.8 Å². The van der Waals surface area contributed by atoms with E-state index in [1.165, 1.54) is 11.1 Å². The number of hydrogen-bond acceptors (Lipinski definition) is 1. The zero-order chi connectivity index (χ0) is 12.5. The van der Waals surface area contributed by atoms with Crippen molar-refractivity contribution in [3.8, 4) is 11.1 Å². The Hall–Kier alpha value is -1.19. The van der Waals surface area contributed by atoms with Gasteiger partial charge in [-0.1, -0.05) is 56.1 Å². The summed E-state index contributed by atoms with van der Waals surface area (Å²) in [6.45, 7) is 0. The Balaban J connectivity index is 2.40. The largest absolute Gasteiger partial charge is 0.256 e. The van der Waals surface area contributed by atoms with Gasteiger partial charge in [-0.15, -0.1) is 0 Å². The molecule has 0 aliphatic heterocycles. The van der Waals surface area contributed by atoms with E-state index in [-0.39, 0.29) is 0 Å². The second-order valence-electron chi connectivity index (χ2n) is 3.97. The summed E-state index contributed by atoms with van der Waals surface area (Å²) < 4.78 is 2.16. The summed E-state index contributed by atoms with van der Waals surface area (Å²) in [4.78, 5) is 4.41. The van der Waals surface area contributed by atoms with Gasteiger partial charge in [0.15, 0.2) is 0 Å². The summed E-state index contributed by atoms with van der Waals surface area (Å²) >= 11 is 7.22. The summed E-state index contributed by atoms with van der Waals surface area (Å²) in [6, 6.07) is 16.4. The topological polar surface area (TPSA) is 12.9 Å². The molecule has 1 aromatic heterocycles. The van der Waals surface area contributed by atoms with Crippen molar-refractivity contribution in [3.05, 3.63) is 63.7 Å². The van der Waals surface area contributed by atoms with Gasteiger partial charge in [0.2, 0.25) is 0 Å². The van der Waals surface area contributed by atoms with Crippen molar-refractivity contribution in [1.29, 1.82) is 0 Å². The highest BCUT2D eigenvalue weighted by Gasteiger charge is 2.09. The Morgan fingerprint density at radius 1 is 0.722 bits per heavy atom. The van der Waals surface area contributed by atoms with E-state index in [1.54, 1.807) is 0 Å². The van der Waals surface area contributed by atoms with E-state index in [2.05, 4.69) is 49.0 Å². The average molecular weight is 363 g/mol. The van der Waals surface area contributed by atoms with E-state index in [0.717, 1.165) is 19.8 Å². The Bertz CT molecular complexity index is 717. The van der Waals surface area contributed by atoms with Crippen LogP contribution in [-0.4, -0.2) is 4.98 Å². The zero-order valence-corrected chi connectivity index (χ0v) is 12.6. The molecule has 0 aliphatic rings. The molecule has 18 heavy (non-hydrogen) atoms. The van der Waals surface area contributed by atoms with E-state index in [0.29, 0.717) is 0 Å². The van der Waals surface area contributed by atoms with Crippen LogP contribution in [0.2, 0.25) is 0 Å². The van der Waals surface area contributed by atoms with E-state index in [4.69, 9.17) is 0 Å². The molecule has 0 atom stereocenters. The van der Waals surface area contributed by atoms with Gasteiger partial charge in [0.05, 0.1) is 5.52 Å². The van der Waals surface area contributed by atoms with Gasteiger partial charge in [-0.05, 0) is 35.4 Å². The fourth-order valence-corrected chi connectivity index (χ4v) is 3.13. The van der Waals surface area contributed by atoms with Crippen LogP contribution in [0.4, 0.5) is 0 Å². The number of nitrogens with zero attached hydrogens (tertiary/aromatic N) is 1. The fraction of sp³-hybridized carbons (Fsp3) is 0. The number of hydrogen-bond donors (Lipinski definition) is 0. The van der Waals surface area contributed by atoms with Gasteiger partial charge < -0.3 is 0 Å². The fourth-order valence-electron chi connectivity index (χ4n) is 2.07. The van der Waals surface area contributed by atoms with Crippen molar-refractivity contribution in [2.75, 3.05) is 0 Å². The molecule has 3 aromatic rings. The van der Waals surface area contributed by atoms with Crippen molar-refractivity contribution in [2.45, 2.75) is 0 Å². The highest BCUT2D eigenvalue weighted by Crippen LogP contribution is 2.36. The molecule has 2 aromatic carbocycles. The predicted octanol–water partition coefficient (Wildman–Crippen LogP) is 5.43. The molecule has 1 nitrogen and oxygen atoms in total. The summed E-state index contributed by atoms with van der Waals surface area (Å²) in [5.74, 6) is 0. The molecule has 3 rings (SSSR count). The van der Waals surface area contributed by atoms with Crippen LogP contribution in [0.25, 0.3) is 22.0 Å². The van der Waals surface area contributed by atoms with Crippen LogP contribution >= 0.6 is 31.9 Å². The molecule has 0 spiro atoms. The molecule has 0 N–H and O–H groups in total. The van der Waals surface area contributed by atoms with Crippen LogP contribution in [0.1, 0.15) is 0 Å². The van der Waals surface area contributed by atoms with Gasteiger partial charge >= 0.3 is 0 Å². The molecule has 0 bridgehead atoms. The third-order valence-electron chi connectivity index (χ3n) is 2.88. The Morgan fingerprint density at radius 3 is 2.33 bits per heavy atom. The number of halogens is 2. The van der Waals surface area contributed by atoms with Crippen molar-refractivity contribution in [1.82, 2.24) is 4.98 Å². The highest BCUT2D eigenvalue weighted by atomic mass is 79.9. The van der Waals surface area contributed by atoms with E-state index in [1.807, 2.05) is 42.6 Å². The minimum absolute atomic E-state index is 0.998. The Morgan fingerprint density at radius 2 is 1.50 bits per heavy atom. The summed E-state index contributed by atoms with van der Waals surface area (Å²) in [5, 5.41) is 1.15. The first-order valence-electron chi connectivity index (χ1n) is 5.55. The average Bonchev–Trinajstić information content (AvgIpc) is 2.39. The summed E-state index contributed by atoms with van der Waals surface area (Å²) in [6.07, 6.45) is 1.85. The second kappa shape index (κ2) is 4.82. The zero-order valence-electron chi connectivity index (χ0n) is 9.40. The molecule has 0 saturated heterocycles. The highest BCUT2D eigenvalue weighted by molar-refractivity contribution is 9.11. The molecule has 0 fully saturated rings. The van der Waals surface area contributed by atoms with Crippen molar-refractivity contribution in [2.24, 2.45) is 0 Å². The van der Waals surface area contributed by atoms with Gasteiger partial charge in [0, 0.05) is 20.5 Å². The molecule has 1 heterocycles. The first kappa shape index (κ1) is 11.9. The van der Waals surface area contributed by atoms with Crippen molar-refractivity contribution in [3.63, 3.8) is 0 Å². The maximum absolute atomic E-state index is 4.41. The lowest BCUT2D eigenvalue weighted by Crippen LogP contribution is -1.86. The van der Waals surface area contributed by atoms with Crippen LogP contribution in [0.15, 0.2) is 63.7 Å². The smallest absolute Gasteiger partial charge is 0.0719 e. The third kappa shape index (κ3) is 1.98. The molecule has 0 unspecified atom stereocenters. The number of fused-ring (bicyclic) bond motifs is 1. The van der Waals surface area contributed by atoms with Gasteiger partial charge in [-0.3, -0.25) is 4.98 Å². The van der Waals surface area contributed by atoms with Crippen LogP contribution in [0.5, 0.6) is 0 Å². The first-order chi connectivity index (χ1) is 8.77. The van der Waals surface area contributed by atoms with Crippen LogP contribution < -0.4 is 0 Å². The Labute approximate surface area is 122 Å². The maximum Gasteiger partial charge on any atom is 0.0719 e. The SMILES string of the molecule is Brc1ccccc1-c1ccnc2cccc(Br)c12. The molecule has 3 heteroatoms. The van der Waals surface area contributed by atoms with Gasteiger partial charge in [0.25, 0.3) is 0 Å². The molecular weight excluding hydrogens is 354 g/mol. The molecule has 0 amide bonds. The van der Waals surface area contributed by atoms with Gasteiger partial charge in [-0.25, -0.2) is 0 Å². The first-order valence-corrected chi connectivity index (χ1v) is 7.14. The Kier molecular flexibility index (Phi) is 3.18. The van der Waals surface area contributed by atoms with Crippen LogP contribution in [-0.2, 0) is 0 Å². The molecule has 0 saturated carbocycles. The molecule has 0 radical (unpaired) electrons. The normalized spacial score (nSPS) is 10.8. The van der Waals surface area contributed by atoms with E-state index in [9.17, 15) is 0 Å². The minimum Gasteiger partial charge on any atom is -0.256 e.